The number of aliphatic carboxylic acids is 3. The Labute approximate surface area is 370 Å². The number of amides is 2. The van der Waals surface area contributed by atoms with Gasteiger partial charge in [0.05, 0.1) is 112 Å². The van der Waals surface area contributed by atoms with E-state index >= 15 is 0 Å². The molecule has 5 N–H and O–H groups in total. The summed E-state index contributed by atoms with van der Waals surface area (Å²) in [6.45, 7) is 6.50. The summed E-state index contributed by atoms with van der Waals surface area (Å²) in [5, 5.41) is 31.9. The van der Waals surface area contributed by atoms with Gasteiger partial charge in [0.25, 0.3) is 0 Å². The van der Waals surface area contributed by atoms with Crippen LogP contribution in [0.1, 0.15) is 135 Å². The number of nitrogens with one attached hydrogen (secondary N) is 2. The Morgan fingerprint density at radius 2 is 0.645 bits per heavy atom. The second-order valence-corrected chi connectivity index (χ2v) is 14.9. The molecule has 0 radical (unpaired) electrons. The fraction of sp³-hybridized carbons (Fsp3) is 0.886. The quantitative estimate of drug-likeness (QED) is 0.0495. The van der Waals surface area contributed by atoms with Gasteiger partial charge >= 0.3 is 17.9 Å². The molecule has 0 aliphatic carbocycles. The summed E-state index contributed by atoms with van der Waals surface area (Å²) in [7, 11) is 0. The number of ether oxygens (including phenoxy) is 8. The van der Waals surface area contributed by atoms with Crippen LogP contribution < -0.4 is 10.6 Å². The van der Waals surface area contributed by atoms with Gasteiger partial charge in [-0.3, -0.25) is 19.2 Å². The molecule has 1 atom stereocenters. The van der Waals surface area contributed by atoms with E-state index in [0.717, 1.165) is 38.5 Å². The normalized spacial score (nSPS) is 11.7. The fourth-order valence-corrected chi connectivity index (χ4v) is 5.99. The van der Waals surface area contributed by atoms with Crippen molar-refractivity contribution in [2.24, 2.45) is 0 Å². The van der Waals surface area contributed by atoms with Crippen LogP contribution in [0.5, 0.6) is 0 Å². The van der Waals surface area contributed by atoms with Crippen LogP contribution in [0.25, 0.3) is 0 Å². The van der Waals surface area contributed by atoms with Crippen molar-refractivity contribution in [1.82, 2.24) is 10.6 Å². The predicted molar refractivity (Wildman–Crippen MR) is 231 cm³/mol. The SMILES string of the molecule is O=C(O)CCCCCCCCCCCCCCCCCCC(=O)N[C@@H](CCC(=O)NCCOCCOCCOCCOCCOCCOCCOCCOCCC(=O)O)C(=O)O. The topological polar surface area (TPSA) is 244 Å². The Hall–Kier alpha value is -2.97. The van der Waals surface area contributed by atoms with Crippen molar-refractivity contribution >= 4 is 29.7 Å². The van der Waals surface area contributed by atoms with E-state index < -0.39 is 23.9 Å². The molecule has 18 nitrogen and oxygen atoms in total. The molecule has 0 saturated carbocycles. The molecule has 18 heteroatoms. The number of hydrogen-bond donors (Lipinski definition) is 5. The third kappa shape index (κ3) is 48.1. The molecular weight excluding hydrogens is 812 g/mol. The Morgan fingerprint density at radius 1 is 0.339 bits per heavy atom. The maximum atomic E-state index is 12.3. The van der Waals surface area contributed by atoms with Crippen molar-refractivity contribution in [2.45, 2.75) is 141 Å². The molecule has 0 aromatic carbocycles. The molecule has 0 unspecified atom stereocenters. The highest BCUT2D eigenvalue weighted by molar-refractivity contribution is 5.84. The molecule has 0 heterocycles. The number of hydrogen-bond acceptors (Lipinski definition) is 13. The van der Waals surface area contributed by atoms with Gasteiger partial charge in [0.15, 0.2) is 0 Å². The second-order valence-electron chi connectivity index (χ2n) is 14.9. The Kier molecular flexibility index (Phi) is 45.2. The molecular formula is C44H82N2O16. The van der Waals surface area contributed by atoms with Gasteiger partial charge in [0.2, 0.25) is 11.8 Å². The molecule has 0 aromatic heterocycles. The van der Waals surface area contributed by atoms with Crippen molar-refractivity contribution in [1.29, 1.82) is 0 Å². The van der Waals surface area contributed by atoms with Gasteiger partial charge in [-0.15, -0.1) is 0 Å². The third-order valence-electron chi connectivity index (χ3n) is 9.47. The predicted octanol–water partition coefficient (Wildman–Crippen LogP) is 5.17. The van der Waals surface area contributed by atoms with Crippen molar-refractivity contribution in [3.63, 3.8) is 0 Å². The van der Waals surface area contributed by atoms with Crippen molar-refractivity contribution < 1.29 is 77.2 Å². The molecule has 0 rings (SSSR count). The van der Waals surface area contributed by atoms with E-state index in [9.17, 15) is 29.1 Å². The lowest BCUT2D eigenvalue weighted by molar-refractivity contribution is -0.142. The average Bonchev–Trinajstić information content (AvgIpc) is 3.24. The summed E-state index contributed by atoms with van der Waals surface area (Å²) < 4.78 is 43.1. The number of unbranched alkanes of at least 4 members (excludes halogenated alkanes) is 15. The van der Waals surface area contributed by atoms with E-state index in [1.54, 1.807) is 0 Å². The summed E-state index contributed by atoms with van der Waals surface area (Å²) in [4.78, 5) is 57.1. The van der Waals surface area contributed by atoms with E-state index in [-0.39, 0.29) is 63.7 Å². The Morgan fingerprint density at radius 3 is 0.984 bits per heavy atom. The smallest absolute Gasteiger partial charge is 0.326 e. The lowest BCUT2D eigenvalue weighted by Gasteiger charge is -2.14. The summed E-state index contributed by atoms with van der Waals surface area (Å²) >= 11 is 0. The number of carboxylic acids is 3. The van der Waals surface area contributed by atoms with Gasteiger partial charge in [-0.25, -0.2) is 4.79 Å². The first-order chi connectivity index (χ1) is 30.2. The largest absolute Gasteiger partial charge is 0.481 e. The molecule has 0 aromatic rings. The van der Waals surface area contributed by atoms with Crippen molar-refractivity contribution in [3.05, 3.63) is 0 Å². The molecule has 0 spiro atoms. The Bertz CT molecular complexity index is 1070. The van der Waals surface area contributed by atoms with Crippen LogP contribution in [0, 0.1) is 0 Å². The first kappa shape index (κ1) is 59.0. The van der Waals surface area contributed by atoms with Gasteiger partial charge in [-0.1, -0.05) is 89.9 Å². The highest BCUT2D eigenvalue weighted by Crippen LogP contribution is 2.14. The number of carbonyl (C=O) groups is 5. The molecule has 62 heavy (non-hydrogen) atoms. The minimum Gasteiger partial charge on any atom is -0.481 e. The summed E-state index contributed by atoms with van der Waals surface area (Å²) in [5.74, 6) is -3.36. The number of carboxylic acid groups (broad SMARTS) is 3. The molecule has 364 valence electrons. The van der Waals surface area contributed by atoms with Crippen LogP contribution in [-0.2, 0) is 61.9 Å². The summed E-state index contributed by atoms with van der Waals surface area (Å²) in [6.07, 6.45) is 18.5. The van der Waals surface area contributed by atoms with Crippen molar-refractivity contribution in [3.8, 4) is 0 Å². The van der Waals surface area contributed by atoms with Gasteiger partial charge in [-0.05, 0) is 19.3 Å². The minimum atomic E-state index is -1.16. The number of carbonyl (C=O) groups excluding carboxylic acids is 2. The number of rotatable bonds is 51. The molecule has 0 fully saturated rings. The second kappa shape index (κ2) is 47.5. The van der Waals surface area contributed by atoms with E-state index in [1.165, 1.54) is 57.8 Å². The lowest BCUT2D eigenvalue weighted by atomic mass is 10.0. The third-order valence-corrected chi connectivity index (χ3v) is 9.47. The van der Waals surface area contributed by atoms with E-state index in [1.807, 2.05) is 0 Å². The van der Waals surface area contributed by atoms with Gasteiger partial charge in [0, 0.05) is 25.8 Å². The van der Waals surface area contributed by atoms with Crippen LogP contribution in [0.15, 0.2) is 0 Å². The van der Waals surface area contributed by atoms with Crippen LogP contribution in [-0.4, -0.2) is 163 Å². The van der Waals surface area contributed by atoms with Gasteiger partial charge in [0.1, 0.15) is 6.04 Å². The maximum Gasteiger partial charge on any atom is 0.326 e. The van der Waals surface area contributed by atoms with Crippen LogP contribution in [0.3, 0.4) is 0 Å². The lowest BCUT2D eigenvalue weighted by Crippen LogP contribution is -2.41. The first-order valence-electron chi connectivity index (χ1n) is 23.1. The van der Waals surface area contributed by atoms with E-state index in [0.29, 0.717) is 98.9 Å². The summed E-state index contributed by atoms with van der Waals surface area (Å²) in [6, 6.07) is -1.11. The van der Waals surface area contributed by atoms with Crippen LogP contribution >= 0.6 is 0 Å². The Balaban J connectivity index is 3.48. The zero-order valence-corrected chi connectivity index (χ0v) is 37.6. The monoisotopic (exact) mass is 895 g/mol. The van der Waals surface area contributed by atoms with Gasteiger partial charge in [-0.2, -0.15) is 0 Å². The average molecular weight is 895 g/mol. The first-order valence-corrected chi connectivity index (χ1v) is 23.1. The molecule has 0 aliphatic heterocycles. The van der Waals surface area contributed by atoms with Crippen LogP contribution in [0.4, 0.5) is 0 Å². The van der Waals surface area contributed by atoms with E-state index in [4.69, 9.17) is 48.1 Å². The molecule has 2 amide bonds. The zero-order chi connectivity index (χ0) is 45.4. The molecule has 0 bridgehead atoms. The van der Waals surface area contributed by atoms with Crippen LogP contribution in [0.2, 0.25) is 0 Å². The van der Waals surface area contributed by atoms with E-state index in [2.05, 4.69) is 10.6 Å². The van der Waals surface area contributed by atoms with Crippen molar-refractivity contribution in [2.75, 3.05) is 112 Å². The molecule has 0 aliphatic rings. The van der Waals surface area contributed by atoms with Gasteiger partial charge < -0.3 is 63.8 Å². The fourth-order valence-electron chi connectivity index (χ4n) is 5.99. The minimum absolute atomic E-state index is 0.00835. The maximum absolute atomic E-state index is 12.3. The highest BCUT2D eigenvalue weighted by atomic mass is 16.6. The standard InChI is InChI=1S/C44H82N2O16/c47-40(20-19-39(44(53)54)46-41(48)17-15-13-11-9-7-5-3-1-2-4-6-8-10-12-14-16-18-42(49)50)45-22-24-56-26-28-58-30-32-60-34-36-62-38-37-61-35-33-59-31-29-57-27-25-55-23-21-43(51)52/h39H,1-38H2,(H,45,47)(H,46,48)(H,49,50)(H,51,52)(H,53,54)/t39-/m0/s1. The zero-order valence-electron chi connectivity index (χ0n) is 37.6. The molecule has 0 saturated heterocycles. The summed E-state index contributed by atoms with van der Waals surface area (Å²) in [5.41, 5.74) is 0. The highest BCUT2D eigenvalue weighted by Gasteiger charge is 2.20.